The Bertz CT molecular complexity index is 1290. The highest BCUT2D eigenvalue weighted by Crippen LogP contribution is 2.23. The molecule has 32 heavy (non-hydrogen) atoms. The second kappa shape index (κ2) is 9.57. The molecule has 0 spiro atoms. The molecule has 0 saturated carbocycles. The molecular weight excluding hydrogens is 444 g/mol. The SMILES string of the molecule is O=C(O)C(=O)/C=C(\O)c1cc(Cc2ccccc2)cn(Cc2ccc(F)c(Cl)c2F)c1=O. The van der Waals surface area contributed by atoms with Gasteiger partial charge in [-0.05, 0) is 29.7 Å². The Morgan fingerprint density at radius 2 is 1.72 bits per heavy atom. The van der Waals surface area contributed by atoms with Crippen LogP contribution >= 0.6 is 11.6 Å². The predicted molar refractivity (Wildman–Crippen MR) is 114 cm³/mol. The first-order valence-electron chi connectivity index (χ1n) is 9.25. The van der Waals surface area contributed by atoms with Crippen molar-refractivity contribution in [1.82, 2.24) is 4.57 Å². The quantitative estimate of drug-likeness (QED) is 0.241. The normalized spacial score (nSPS) is 11.4. The highest BCUT2D eigenvalue weighted by atomic mass is 35.5. The van der Waals surface area contributed by atoms with Crippen molar-refractivity contribution in [1.29, 1.82) is 0 Å². The Morgan fingerprint density at radius 1 is 1.03 bits per heavy atom. The molecule has 0 saturated heterocycles. The highest BCUT2D eigenvalue weighted by molar-refractivity contribution is 6.38. The zero-order valence-electron chi connectivity index (χ0n) is 16.4. The first-order chi connectivity index (χ1) is 15.2. The van der Waals surface area contributed by atoms with Crippen LogP contribution in [-0.4, -0.2) is 26.5 Å². The molecule has 0 aliphatic carbocycles. The Kier molecular flexibility index (Phi) is 6.85. The lowest BCUT2D eigenvalue weighted by atomic mass is 10.0. The number of hydrogen-bond donors (Lipinski definition) is 2. The topological polar surface area (TPSA) is 96.6 Å². The maximum absolute atomic E-state index is 14.4. The summed E-state index contributed by atoms with van der Waals surface area (Å²) in [6.07, 6.45) is 2.17. The molecule has 3 aromatic rings. The van der Waals surface area contributed by atoms with Crippen LogP contribution in [0.1, 0.15) is 22.3 Å². The van der Waals surface area contributed by atoms with E-state index in [0.717, 1.165) is 22.3 Å². The van der Waals surface area contributed by atoms with Crippen LogP contribution < -0.4 is 5.56 Å². The Morgan fingerprint density at radius 3 is 2.38 bits per heavy atom. The van der Waals surface area contributed by atoms with Crippen LogP contribution in [0.4, 0.5) is 8.78 Å². The maximum Gasteiger partial charge on any atom is 0.376 e. The summed E-state index contributed by atoms with van der Waals surface area (Å²) in [6, 6.07) is 12.5. The molecule has 0 bridgehead atoms. The third-order valence-corrected chi connectivity index (χ3v) is 4.95. The first-order valence-corrected chi connectivity index (χ1v) is 9.63. The minimum Gasteiger partial charge on any atom is -0.507 e. The lowest BCUT2D eigenvalue weighted by Crippen LogP contribution is -2.25. The number of carbonyl (C=O) groups is 2. The van der Waals surface area contributed by atoms with E-state index in [4.69, 9.17) is 16.7 Å². The average Bonchev–Trinajstić information content (AvgIpc) is 2.76. The van der Waals surface area contributed by atoms with Crippen molar-refractivity contribution in [2.24, 2.45) is 0 Å². The van der Waals surface area contributed by atoms with Gasteiger partial charge in [0.15, 0.2) is 0 Å². The van der Waals surface area contributed by atoms with E-state index in [1.807, 2.05) is 30.3 Å². The van der Waals surface area contributed by atoms with Crippen LogP contribution in [0.25, 0.3) is 5.76 Å². The Labute approximate surface area is 185 Å². The van der Waals surface area contributed by atoms with Gasteiger partial charge in [-0.15, -0.1) is 0 Å². The van der Waals surface area contributed by atoms with Crippen LogP contribution in [0.3, 0.4) is 0 Å². The number of pyridine rings is 1. The van der Waals surface area contributed by atoms with Crippen molar-refractivity contribution in [3.63, 3.8) is 0 Å². The molecule has 2 aromatic carbocycles. The number of hydrogen-bond acceptors (Lipinski definition) is 4. The Hall–Kier alpha value is -3.78. The average molecular weight is 460 g/mol. The van der Waals surface area contributed by atoms with Crippen LogP contribution in [-0.2, 0) is 22.6 Å². The van der Waals surface area contributed by atoms with Crippen LogP contribution in [0, 0.1) is 11.6 Å². The summed E-state index contributed by atoms with van der Waals surface area (Å²) in [5.74, 6) is -6.05. The van der Waals surface area contributed by atoms with Gasteiger partial charge in [0.25, 0.3) is 11.3 Å². The van der Waals surface area contributed by atoms with Crippen LogP contribution in [0.5, 0.6) is 0 Å². The van der Waals surface area contributed by atoms with E-state index in [9.17, 15) is 28.3 Å². The predicted octanol–water partition coefficient (Wildman–Crippen LogP) is 3.97. The summed E-state index contributed by atoms with van der Waals surface area (Å²) in [7, 11) is 0. The molecule has 0 aliphatic rings. The van der Waals surface area contributed by atoms with Gasteiger partial charge in [0.2, 0.25) is 0 Å². The lowest BCUT2D eigenvalue weighted by Gasteiger charge is -2.13. The number of carboxylic acid groups (broad SMARTS) is 1. The van der Waals surface area contributed by atoms with Gasteiger partial charge in [-0.2, -0.15) is 0 Å². The number of carbonyl (C=O) groups excluding carboxylic acids is 1. The van der Waals surface area contributed by atoms with Gasteiger partial charge in [0, 0.05) is 17.8 Å². The van der Waals surface area contributed by atoms with Crippen LogP contribution in [0.15, 0.2) is 65.6 Å². The molecule has 0 atom stereocenters. The van der Waals surface area contributed by atoms with E-state index in [-0.39, 0.29) is 17.7 Å². The van der Waals surface area contributed by atoms with Gasteiger partial charge >= 0.3 is 5.97 Å². The molecule has 9 heteroatoms. The molecule has 0 radical (unpaired) electrons. The van der Waals surface area contributed by atoms with Crippen molar-refractivity contribution < 1.29 is 28.6 Å². The fourth-order valence-corrected chi connectivity index (χ4v) is 3.25. The lowest BCUT2D eigenvalue weighted by molar-refractivity contribution is -0.146. The van der Waals surface area contributed by atoms with Gasteiger partial charge in [0.1, 0.15) is 22.4 Å². The van der Waals surface area contributed by atoms with E-state index in [2.05, 4.69) is 0 Å². The fraction of sp³-hybridized carbons (Fsp3) is 0.0870. The monoisotopic (exact) mass is 459 g/mol. The fourth-order valence-electron chi connectivity index (χ4n) is 3.06. The second-order valence-electron chi connectivity index (χ2n) is 6.89. The molecule has 0 amide bonds. The molecule has 3 rings (SSSR count). The van der Waals surface area contributed by atoms with E-state index < -0.39 is 39.7 Å². The number of nitrogens with zero attached hydrogens (tertiary/aromatic N) is 1. The van der Waals surface area contributed by atoms with Gasteiger partial charge in [0.05, 0.1) is 12.1 Å². The number of benzene rings is 2. The molecule has 0 unspecified atom stereocenters. The number of rotatable bonds is 7. The largest absolute Gasteiger partial charge is 0.507 e. The van der Waals surface area contributed by atoms with Crippen molar-refractivity contribution in [2.45, 2.75) is 13.0 Å². The molecule has 0 fully saturated rings. The highest BCUT2D eigenvalue weighted by Gasteiger charge is 2.17. The van der Waals surface area contributed by atoms with E-state index in [1.165, 1.54) is 12.3 Å². The molecule has 1 aromatic heterocycles. The molecule has 164 valence electrons. The minimum atomic E-state index is -1.81. The summed E-state index contributed by atoms with van der Waals surface area (Å²) in [5.41, 5.74) is 0.147. The molecule has 0 aliphatic heterocycles. The Balaban J connectivity index is 2.12. The van der Waals surface area contributed by atoms with E-state index >= 15 is 0 Å². The van der Waals surface area contributed by atoms with Gasteiger partial charge in [-0.3, -0.25) is 9.59 Å². The third-order valence-electron chi connectivity index (χ3n) is 4.60. The zero-order valence-corrected chi connectivity index (χ0v) is 17.1. The van der Waals surface area contributed by atoms with Crippen molar-refractivity contribution >= 4 is 29.1 Å². The number of aliphatic carboxylic acids is 1. The molecule has 2 N–H and O–H groups in total. The summed E-state index contributed by atoms with van der Waals surface area (Å²) < 4.78 is 28.9. The molecule has 1 heterocycles. The van der Waals surface area contributed by atoms with Gasteiger partial charge < -0.3 is 14.8 Å². The molecule has 6 nitrogen and oxygen atoms in total. The summed E-state index contributed by atoms with van der Waals surface area (Å²) in [5, 5.41) is 18.3. The number of halogens is 3. The number of ketones is 1. The van der Waals surface area contributed by atoms with Crippen molar-refractivity contribution in [3.8, 4) is 0 Å². The summed E-state index contributed by atoms with van der Waals surface area (Å²) in [6.45, 7) is -0.347. The van der Waals surface area contributed by atoms with Crippen molar-refractivity contribution in [2.75, 3.05) is 0 Å². The van der Waals surface area contributed by atoms with Crippen LogP contribution in [0.2, 0.25) is 5.02 Å². The zero-order chi connectivity index (χ0) is 23.4. The molecular formula is C23H16ClF2NO5. The summed E-state index contributed by atoms with van der Waals surface area (Å²) >= 11 is 5.62. The number of carboxylic acids is 1. The smallest absolute Gasteiger partial charge is 0.376 e. The second-order valence-corrected chi connectivity index (χ2v) is 7.27. The van der Waals surface area contributed by atoms with Gasteiger partial charge in [-0.1, -0.05) is 48.0 Å². The standard InChI is InChI=1S/C23H16ClF2NO5/c24-20-17(25)7-6-15(21(20)26)12-27-11-14(8-13-4-2-1-3-5-13)9-16(22(27)30)18(28)10-19(29)23(31)32/h1-7,9-11,28H,8,12H2,(H,31,32)/b18-10-. The first kappa shape index (κ1) is 22.9. The number of aliphatic hydroxyl groups excluding tert-OH is 1. The van der Waals surface area contributed by atoms with E-state index in [0.29, 0.717) is 18.1 Å². The van der Waals surface area contributed by atoms with Crippen molar-refractivity contribution in [3.05, 3.63) is 110 Å². The summed E-state index contributed by atoms with van der Waals surface area (Å²) in [4.78, 5) is 35.2. The van der Waals surface area contributed by atoms with Gasteiger partial charge in [-0.25, -0.2) is 13.6 Å². The third kappa shape index (κ3) is 5.09. The number of aliphatic hydroxyl groups is 1. The van der Waals surface area contributed by atoms with E-state index in [1.54, 1.807) is 0 Å². The minimum absolute atomic E-state index is 0.0774. The number of aromatic nitrogens is 1. The maximum atomic E-state index is 14.4.